The average molecular weight is 363 g/mol. The minimum atomic E-state index is -3.90. The number of H-pyrrole nitrogens is 1. The lowest BCUT2D eigenvalue weighted by Gasteiger charge is -2.10. The van der Waals surface area contributed by atoms with Gasteiger partial charge in [0.05, 0.1) is 17.1 Å². The second-order valence-electron chi connectivity index (χ2n) is 4.06. The summed E-state index contributed by atoms with van der Waals surface area (Å²) in [6.45, 7) is 1.55. The van der Waals surface area contributed by atoms with Gasteiger partial charge in [-0.3, -0.25) is 9.82 Å². The number of anilines is 1. The van der Waals surface area contributed by atoms with Gasteiger partial charge in [0, 0.05) is 11.0 Å². The van der Waals surface area contributed by atoms with Crippen LogP contribution < -0.4 is 10.5 Å². The maximum Gasteiger partial charge on any atom is 0.265 e. The van der Waals surface area contributed by atoms with Crippen molar-refractivity contribution in [3.05, 3.63) is 39.9 Å². The largest absolute Gasteiger partial charge is 0.325 e. The van der Waals surface area contributed by atoms with Gasteiger partial charge in [0.2, 0.25) is 0 Å². The van der Waals surface area contributed by atoms with Crippen LogP contribution in [0.3, 0.4) is 0 Å². The predicted molar refractivity (Wildman–Crippen MR) is 76.1 cm³/mol. The number of aromatic nitrogens is 2. The summed E-state index contributed by atoms with van der Waals surface area (Å²) in [5, 5.41) is 6.40. The molecule has 4 N–H and O–H groups in total. The molecule has 0 unspecified atom stereocenters. The number of hydrogen-bond donors (Lipinski definition) is 3. The molecule has 0 aliphatic rings. The summed E-state index contributed by atoms with van der Waals surface area (Å²) in [6, 6.07) is 3.72. The number of rotatable bonds is 4. The molecule has 0 saturated carbocycles. The van der Waals surface area contributed by atoms with E-state index >= 15 is 0 Å². The molecule has 2 rings (SSSR count). The van der Waals surface area contributed by atoms with Crippen LogP contribution in [-0.2, 0) is 16.6 Å². The molecule has 1 aromatic heterocycles. The Bertz CT molecular complexity index is 745. The lowest BCUT2D eigenvalue weighted by molar-refractivity contribution is 0.599. The zero-order valence-corrected chi connectivity index (χ0v) is 12.8. The van der Waals surface area contributed by atoms with Gasteiger partial charge in [-0.1, -0.05) is 0 Å². The minimum Gasteiger partial charge on any atom is -0.325 e. The third kappa shape index (κ3) is 2.84. The van der Waals surface area contributed by atoms with E-state index in [1.165, 1.54) is 12.1 Å². The van der Waals surface area contributed by atoms with Crippen LogP contribution in [0.1, 0.15) is 11.4 Å². The average Bonchev–Trinajstić information content (AvgIpc) is 2.75. The van der Waals surface area contributed by atoms with E-state index in [1.54, 1.807) is 6.92 Å². The molecule has 2 aromatic rings. The Morgan fingerprint density at radius 2 is 2.20 bits per heavy atom. The van der Waals surface area contributed by atoms with Gasteiger partial charge in [-0.2, -0.15) is 5.10 Å². The van der Waals surface area contributed by atoms with Crippen molar-refractivity contribution in [2.45, 2.75) is 18.4 Å². The van der Waals surface area contributed by atoms with Crippen LogP contribution in [0.25, 0.3) is 0 Å². The maximum absolute atomic E-state index is 13.2. The van der Waals surface area contributed by atoms with E-state index in [9.17, 15) is 12.8 Å². The highest BCUT2D eigenvalue weighted by atomic mass is 79.9. The van der Waals surface area contributed by atoms with E-state index in [0.29, 0.717) is 10.2 Å². The Hall–Kier alpha value is -1.45. The Morgan fingerprint density at radius 1 is 1.50 bits per heavy atom. The monoisotopic (exact) mass is 362 g/mol. The highest BCUT2D eigenvalue weighted by molar-refractivity contribution is 9.10. The molecule has 20 heavy (non-hydrogen) atoms. The molecule has 1 aromatic carbocycles. The van der Waals surface area contributed by atoms with Crippen LogP contribution in [0.4, 0.5) is 10.1 Å². The van der Waals surface area contributed by atoms with E-state index < -0.39 is 15.8 Å². The minimum absolute atomic E-state index is 0.0174. The fourth-order valence-corrected chi connectivity index (χ4v) is 3.66. The van der Waals surface area contributed by atoms with Gasteiger partial charge in [0.1, 0.15) is 10.7 Å². The summed E-state index contributed by atoms with van der Waals surface area (Å²) < 4.78 is 40.7. The summed E-state index contributed by atoms with van der Waals surface area (Å²) in [7, 11) is -3.90. The van der Waals surface area contributed by atoms with E-state index in [4.69, 9.17) is 5.73 Å². The zero-order valence-electron chi connectivity index (χ0n) is 10.4. The van der Waals surface area contributed by atoms with Gasteiger partial charge in [-0.25, -0.2) is 12.8 Å². The van der Waals surface area contributed by atoms with Crippen molar-refractivity contribution >= 4 is 31.6 Å². The van der Waals surface area contributed by atoms with Gasteiger partial charge >= 0.3 is 0 Å². The zero-order chi connectivity index (χ0) is 14.9. The summed E-state index contributed by atoms with van der Waals surface area (Å²) in [6.07, 6.45) is 0. The molecule has 0 spiro atoms. The molecular formula is C11H12BrFN4O2S. The van der Waals surface area contributed by atoms with Gasteiger partial charge in [-0.05, 0) is 41.1 Å². The number of halogens is 2. The number of sulfonamides is 1. The van der Waals surface area contributed by atoms with Crippen molar-refractivity contribution in [3.8, 4) is 0 Å². The van der Waals surface area contributed by atoms with E-state index in [1.807, 2.05) is 0 Å². The lowest BCUT2D eigenvalue weighted by atomic mass is 10.3. The third-order valence-corrected chi connectivity index (χ3v) is 4.86. The molecule has 108 valence electrons. The van der Waals surface area contributed by atoms with Crippen LogP contribution in [0.2, 0.25) is 0 Å². The fourth-order valence-electron chi connectivity index (χ4n) is 1.74. The SMILES string of the molecule is Cc1[nH]nc(CN)c1S(=O)(=O)Nc1cc(F)ccc1Br. The molecule has 0 saturated heterocycles. The van der Waals surface area contributed by atoms with Crippen LogP contribution in [0.15, 0.2) is 27.6 Å². The van der Waals surface area contributed by atoms with Crippen molar-refractivity contribution in [3.63, 3.8) is 0 Å². The van der Waals surface area contributed by atoms with Crippen LogP contribution >= 0.6 is 15.9 Å². The summed E-state index contributed by atoms with van der Waals surface area (Å²) in [5.41, 5.74) is 6.16. The highest BCUT2D eigenvalue weighted by Gasteiger charge is 2.24. The van der Waals surface area contributed by atoms with E-state index in [-0.39, 0.29) is 22.8 Å². The molecule has 0 fully saturated rings. The Kier molecular flexibility index (Phi) is 4.11. The van der Waals surface area contributed by atoms with Gasteiger partial charge in [0.15, 0.2) is 0 Å². The quantitative estimate of drug-likeness (QED) is 0.772. The van der Waals surface area contributed by atoms with E-state index in [2.05, 4.69) is 30.8 Å². The number of aromatic amines is 1. The summed E-state index contributed by atoms with van der Waals surface area (Å²) in [5.74, 6) is -0.547. The number of hydrogen-bond acceptors (Lipinski definition) is 4. The normalized spacial score (nSPS) is 11.6. The highest BCUT2D eigenvalue weighted by Crippen LogP contribution is 2.27. The first kappa shape index (κ1) is 14.9. The second-order valence-corrected chi connectivity index (χ2v) is 6.53. The lowest BCUT2D eigenvalue weighted by Crippen LogP contribution is -2.16. The first-order valence-electron chi connectivity index (χ1n) is 5.57. The molecule has 6 nitrogen and oxygen atoms in total. The molecule has 0 aliphatic heterocycles. The molecular weight excluding hydrogens is 351 g/mol. The van der Waals surface area contributed by atoms with Crippen molar-refractivity contribution in [2.24, 2.45) is 5.73 Å². The van der Waals surface area contributed by atoms with E-state index in [0.717, 1.165) is 6.07 Å². The first-order chi connectivity index (χ1) is 9.35. The summed E-state index contributed by atoms with van der Waals surface area (Å²) >= 11 is 3.16. The Labute approximate surface area is 123 Å². The van der Waals surface area contributed by atoms with Crippen molar-refractivity contribution in [2.75, 3.05) is 4.72 Å². The Morgan fingerprint density at radius 3 is 2.85 bits per heavy atom. The van der Waals surface area contributed by atoms with Crippen molar-refractivity contribution < 1.29 is 12.8 Å². The van der Waals surface area contributed by atoms with Crippen LogP contribution in [0, 0.1) is 12.7 Å². The van der Waals surface area contributed by atoms with Crippen molar-refractivity contribution in [1.82, 2.24) is 10.2 Å². The number of nitrogens with two attached hydrogens (primary N) is 1. The maximum atomic E-state index is 13.2. The predicted octanol–water partition coefficient (Wildman–Crippen LogP) is 1.88. The second kappa shape index (κ2) is 5.51. The van der Waals surface area contributed by atoms with Crippen molar-refractivity contribution in [1.29, 1.82) is 0 Å². The van der Waals surface area contributed by atoms with Crippen LogP contribution in [-0.4, -0.2) is 18.6 Å². The van der Waals surface area contributed by atoms with Gasteiger partial charge < -0.3 is 5.73 Å². The van der Waals surface area contributed by atoms with Gasteiger partial charge in [0.25, 0.3) is 10.0 Å². The molecule has 0 amide bonds. The van der Waals surface area contributed by atoms with Gasteiger partial charge in [-0.15, -0.1) is 0 Å². The molecule has 9 heteroatoms. The summed E-state index contributed by atoms with van der Waals surface area (Å²) in [4.78, 5) is -0.0174. The van der Waals surface area contributed by atoms with Crippen LogP contribution in [0.5, 0.6) is 0 Å². The Balaban J connectivity index is 2.46. The smallest absolute Gasteiger partial charge is 0.265 e. The molecule has 1 heterocycles. The topological polar surface area (TPSA) is 101 Å². The molecule has 0 radical (unpaired) electrons. The number of nitrogens with one attached hydrogen (secondary N) is 2. The standard InChI is InChI=1S/C11H12BrFN4O2S/c1-6-11(10(5-14)16-15-6)20(18,19)17-9-4-7(13)2-3-8(9)12/h2-4,17H,5,14H2,1H3,(H,15,16). The molecule has 0 aliphatic carbocycles. The fraction of sp³-hybridized carbons (Fsp3) is 0.182. The third-order valence-electron chi connectivity index (χ3n) is 2.60. The first-order valence-corrected chi connectivity index (χ1v) is 7.84. The number of benzene rings is 1. The number of nitrogens with zero attached hydrogens (tertiary/aromatic N) is 1. The molecule has 0 atom stereocenters. The molecule has 0 bridgehead atoms. The number of aryl methyl sites for hydroxylation is 1.